The zero-order chi connectivity index (χ0) is 18.4. The van der Waals surface area contributed by atoms with Gasteiger partial charge < -0.3 is 10.1 Å². The van der Waals surface area contributed by atoms with Crippen molar-refractivity contribution in [2.24, 2.45) is 0 Å². The Hall–Kier alpha value is -2.02. The van der Waals surface area contributed by atoms with Gasteiger partial charge in [0.05, 0.1) is 16.6 Å². The predicted octanol–water partition coefficient (Wildman–Crippen LogP) is 5.35. The van der Waals surface area contributed by atoms with Crippen molar-refractivity contribution in [1.82, 2.24) is 0 Å². The molecule has 132 valence electrons. The maximum Gasteiger partial charge on any atom is 0.294 e. The molecule has 0 aliphatic carbocycles. The summed E-state index contributed by atoms with van der Waals surface area (Å²) in [6.45, 7) is 0.261. The normalized spacial score (nSPS) is 10.4. The number of rotatable bonds is 7. The molecule has 0 unspecified atom stereocenters. The van der Waals surface area contributed by atoms with Crippen LogP contribution in [0.25, 0.3) is 0 Å². The number of carbonyl (C=O) groups is 1. The number of nitro benzene ring substituents is 1. The van der Waals surface area contributed by atoms with Crippen molar-refractivity contribution < 1.29 is 14.5 Å². The van der Waals surface area contributed by atoms with E-state index in [0.717, 1.165) is 0 Å². The average molecular weight is 404 g/mol. The van der Waals surface area contributed by atoms with E-state index < -0.39 is 4.92 Å². The number of benzene rings is 2. The first-order valence-electron chi connectivity index (χ1n) is 7.18. The first-order valence-corrected chi connectivity index (χ1v) is 8.32. The molecule has 0 atom stereocenters. The van der Waals surface area contributed by atoms with Crippen molar-refractivity contribution in [1.29, 1.82) is 0 Å². The van der Waals surface area contributed by atoms with Crippen LogP contribution in [-0.2, 0) is 4.79 Å². The fourth-order valence-corrected chi connectivity index (χ4v) is 2.61. The number of nitrogens with zero attached hydrogens (tertiary/aromatic N) is 1. The lowest BCUT2D eigenvalue weighted by atomic mass is 10.2. The SMILES string of the molecule is O=C(CCCOc1ccc(Cl)cc1Cl)Nc1ccc(Cl)cc1[N+](=O)[O-]. The molecule has 0 aromatic heterocycles. The molecule has 0 bridgehead atoms. The zero-order valence-electron chi connectivity index (χ0n) is 12.8. The van der Waals surface area contributed by atoms with E-state index in [2.05, 4.69) is 5.32 Å². The molecule has 2 aromatic carbocycles. The van der Waals surface area contributed by atoms with Crippen LogP contribution in [0.3, 0.4) is 0 Å². The van der Waals surface area contributed by atoms with Gasteiger partial charge in [-0.3, -0.25) is 14.9 Å². The van der Waals surface area contributed by atoms with E-state index in [1.165, 1.54) is 18.2 Å². The van der Waals surface area contributed by atoms with Crippen molar-refractivity contribution in [2.45, 2.75) is 12.8 Å². The van der Waals surface area contributed by atoms with Crippen LogP contribution in [0.1, 0.15) is 12.8 Å². The minimum absolute atomic E-state index is 0.0982. The molecule has 0 fully saturated rings. The zero-order valence-corrected chi connectivity index (χ0v) is 15.1. The fraction of sp³-hybridized carbons (Fsp3) is 0.188. The second-order valence-electron chi connectivity index (χ2n) is 4.99. The van der Waals surface area contributed by atoms with Crippen molar-refractivity contribution in [3.05, 3.63) is 61.6 Å². The summed E-state index contributed by atoms with van der Waals surface area (Å²) in [4.78, 5) is 22.3. The molecule has 2 aromatic rings. The van der Waals surface area contributed by atoms with E-state index in [1.54, 1.807) is 18.2 Å². The lowest BCUT2D eigenvalue weighted by molar-refractivity contribution is -0.383. The summed E-state index contributed by atoms with van der Waals surface area (Å²) in [6.07, 6.45) is 0.539. The third kappa shape index (κ3) is 5.77. The summed E-state index contributed by atoms with van der Waals surface area (Å²) < 4.78 is 5.47. The highest BCUT2D eigenvalue weighted by Crippen LogP contribution is 2.29. The first kappa shape index (κ1) is 19.3. The molecule has 0 aliphatic heterocycles. The van der Waals surface area contributed by atoms with Gasteiger partial charge in [-0.2, -0.15) is 0 Å². The number of nitro groups is 1. The van der Waals surface area contributed by atoms with Crippen molar-refractivity contribution in [3.63, 3.8) is 0 Å². The van der Waals surface area contributed by atoms with Gasteiger partial charge in [0, 0.05) is 22.5 Å². The highest BCUT2D eigenvalue weighted by molar-refractivity contribution is 6.35. The van der Waals surface area contributed by atoms with Gasteiger partial charge in [-0.25, -0.2) is 0 Å². The first-order chi connectivity index (χ1) is 11.9. The Morgan fingerprint density at radius 3 is 2.48 bits per heavy atom. The van der Waals surface area contributed by atoms with Crippen molar-refractivity contribution in [2.75, 3.05) is 11.9 Å². The Morgan fingerprint density at radius 1 is 1.12 bits per heavy atom. The molecule has 0 aliphatic rings. The van der Waals surface area contributed by atoms with Crippen LogP contribution in [0.15, 0.2) is 36.4 Å². The number of hydrogen-bond acceptors (Lipinski definition) is 4. The molecule has 6 nitrogen and oxygen atoms in total. The summed E-state index contributed by atoms with van der Waals surface area (Å²) in [5, 5.41) is 14.6. The molecular formula is C16H13Cl3N2O4. The minimum Gasteiger partial charge on any atom is -0.492 e. The van der Waals surface area contributed by atoms with Crippen LogP contribution in [0.4, 0.5) is 11.4 Å². The van der Waals surface area contributed by atoms with Crippen LogP contribution in [-0.4, -0.2) is 17.4 Å². The maximum atomic E-state index is 11.9. The van der Waals surface area contributed by atoms with Crippen LogP contribution in [0, 0.1) is 10.1 Å². The Morgan fingerprint density at radius 2 is 1.80 bits per heavy atom. The lowest BCUT2D eigenvalue weighted by Gasteiger charge is -2.09. The van der Waals surface area contributed by atoms with Crippen LogP contribution < -0.4 is 10.1 Å². The van der Waals surface area contributed by atoms with E-state index in [1.807, 2.05) is 0 Å². The number of nitrogens with one attached hydrogen (secondary N) is 1. The van der Waals surface area contributed by atoms with Crippen molar-refractivity contribution >= 4 is 52.1 Å². The third-order valence-corrected chi connectivity index (χ3v) is 3.90. The highest BCUT2D eigenvalue weighted by Gasteiger charge is 2.16. The van der Waals surface area contributed by atoms with Gasteiger partial charge >= 0.3 is 0 Å². The summed E-state index contributed by atoms with van der Waals surface area (Å²) in [6, 6.07) is 8.89. The molecule has 0 heterocycles. The average Bonchev–Trinajstić information content (AvgIpc) is 2.54. The van der Waals surface area contributed by atoms with Gasteiger partial charge in [-0.1, -0.05) is 34.8 Å². The number of anilines is 1. The molecule has 1 N–H and O–H groups in total. The number of carbonyl (C=O) groups excluding carboxylic acids is 1. The van der Waals surface area contributed by atoms with Crippen LogP contribution >= 0.6 is 34.8 Å². The molecule has 2 rings (SSSR count). The molecule has 0 radical (unpaired) electrons. The Labute approximate surface area is 158 Å². The van der Waals surface area contributed by atoms with Crippen LogP contribution in [0.2, 0.25) is 15.1 Å². The molecule has 1 amide bonds. The number of amides is 1. The second kappa shape index (κ2) is 8.89. The maximum absolute atomic E-state index is 11.9. The van der Waals surface area contributed by atoms with E-state index in [0.29, 0.717) is 22.2 Å². The largest absolute Gasteiger partial charge is 0.492 e. The predicted molar refractivity (Wildman–Crippen MR) is 97.9 cm³/mol. The summed E-state index contributed by atoms with van der Waals surface area (Å²) in [5.74, 6) is 0.107. The Balaban J connectivity index is 1.84. The molecule has 0 saturated carbocycles. The molecule has 25 heavy (non-hydrogen) atoms. The Kier molecular flexibility index (Phi) is 6.87. The molecule has 0 saturated heterocycles. The van der Waals surface area contributed by atoms with E-state index in [-0.39, 0.29) is 35.3 Å². The fourth-order valence-electron chi connectivity index (χ4n) is 1.98. The molecule has 0 spiro atoms. The van der Waals surface area contributed by atoms with Gasteiger partial charge in [0.2, 0.25) is 5.91 Å². The summed E-state index contributed by atoms with van der Waals surface area (Å²) in [7, 11) is 0. The second-order valence-corrected chi connectivity index (χ2v) is 6.27. The lowest BCUT2D eigenvalue weighted by Crippen LogP contribution is -2.14. The quantitative estimate of drug-likeness (QED) is 0.384. The number of halogens is 3. The smallest absolute Gasteiger partial charge is 0.294 e. The van der Waals surface area contributed by atoms with Gasteiger partial charge in [0.15, 0.2) is 0 Å². The van der Waals surface area contributed by atoms with Crippen LogP contribution in [0.5, 0.6) is 5.75 Å². The third-order valence-electron chi connectivity index (χ3n) is 3.13. The van der Waals surface area contributed by atoms with E-state index >= 15 is 0 Å². The van der Waals surface area contributed by atoms with E-state index in [4.69, 9.17) is 39.5 Å². The monoisotopic (exact) mass is 402 g/mol. The van der Waals surface area contributed by atoms with Gasteiger partial charge in [0.1, 0.15) is 11.4 Å². The standard InChI is InChI=1S/C16H13Cl3N2O4/c17-10-4-6-15(12(19)8-10)25-7-1-2-16(22)20-13-5-3-11(18)9-14(13)21(23)24/h3-6,8-9H,1-2,7H2,(H,20,22). The Bertz CT molecular complexity index is 799. The molecular weight excluding hydrogens is 391 g/mol. The van der Waals surface area contributed by atoms with E-state index in [9.17, 15) is 14.9 Å². The minimum atomic E-state index is -0.604. The number of ether oxygens (including phenoxy) is 1. The van der Waals surface area contributed by atoms with Crippen molar-refractivity contribution in [3.8, 4) is 5.75 Å². The number of hydrogen-bond donors (Lipinski definition) is 1. The van der Waals surface area contributed by atoms with Gasteiger partial charge in [0.25, 0.3) is 5.69 Å². The topological polar surface area (TPSA) is 81.5 Å². The van der Waals surface area contributed by atoms with Gasteiger partial charge in [-0.05, 0) is 36.8 Å². The summed E-state index contributed by atoms with van der Waals surface area (Å²) in [5.41, 5.74) is -0.161. The highest BCUT2D eigenvalue weighted by atomic mass is 35.5. The van der Waals surface area contributed by atoms with Gasteiger partial charge in [-0.15, -0.1) is 0 Å². The summed E-state index contributed by atoms with van der Waals surface area (Å²) >= 11 is 17.5. The molecule has 9 heteroatoms.